The quantitative estimate of drug-likeness (QED) is 0.237. The van der Waals surface area contributed by atoms with Gasteiger partial charge in [-0.2, -0.15) is 0 Å². The summed E-state index contributed by atoms with van der Waals surface area (Å²) in [4.78, 5) is 9.70. The fourth-order valence-corrected chi connectivity index (χ4v) is 5.89. The summed E-state index contributed by atoms with van der Waals surface area (Å²) in [5.74, 6) is 0.936. The van der Waals surface area contributed by atoms with E-state index in [9.17, 15) is 0 Å². The van der Waals surface area contributed by atoms with E-state index in [1.807, 2.05) is 24.4 Å². The number of benzene rings is 4. The van der Waals surface area contributed by atoms with Crippen LogP contribution in [0.3, 0.4) is 0 Å². The zero-order valence-electron chi connectivity index (χ0n) is 21.9. The van der Waals surface area contributed by atoms with E-state index in [4.69, 9.17) is 4.98 Å². The van der Waals surface area contributed by atoms with Crippen molar-refractivity contribution in [2.45, 2.75) is 0 Å². The van der Waals surface area contributed by atoms with Crippen molar-refractivity contribution in [1.29, 1.82) is 0 Å². The first kappa shape index (κ1) is 22.6. The zero-order chi connectivity index (χ0) is 26.6. The molecule has 8 rings (SSSR count). The summed E-state index contributed by atoms with van der Waals surface area (Å²) in [6.45, 7) is 0. The molecule has 0 saturated heterocycles. The average Bonchev–Trinajstić information content (AvgIpc) is 3.74. The highest BCUT2D eigenvalue weighted by atomic mass is 15.1. The lowest BCUT2D eigenvalue weighted by atomic mass is 10.1. The van der Waals surface area contributed by atoms with Crippen molar-refractivity contribution in [2.24, 2.45) is 7.05 Å². The Labute approximate surface area is 231 Å². The van der Waals surface area contributed by atoms with Gasteiger partial charge >= 0.3 is 0 Å². The van der Waals surface area contributed by atoms with Crippen LogP contribution in [0.2, 0.25) is 0 Å². The van der Waals surface area contributed by atoms with E-state index in [1.165, 1.54) is 10.8 Å². The number of fused-ring (bicyclic) bond motifs is 4. The van der Waals surface area contributed by atoms with Crippen LogP contribution in [-0.2, 0) is 7.05 Å². The van der Waals surface area contributed by atoms with Crippen LogP contribution in [0.4, 0.5) is 0 Å². The summed E-state index contributed by atoms with van der Waals surface area (Å²) in [6, 6.07) is 40.4. The molecule has 4 aromatic carbocycles. The van der Waals surface area contributed by atoms with Gasteiger partial charge in [-0.3, -0.25) is 4.98 Å². The number of nitrogens with zero attached hydrogens (tertiary/aromatic N) is 5. The molecule has 0 aliphatic heterocycles. The molecule has 5 heteroatoms. The molecule has 0 atom stereocenters. The highest BCUT2D eigenvalue weighted by molar-refractivity contribution is 6.11. The fourth-order valence-electron chi connectivity index (χ4n) is 5.89. The molecule has 4 heterocycles. The van der Waals surface area contributed by atoms with Gasteiger partial charge in [0, 0.05) is 53.2 Å². The van der Waals surface area contributed by atoms with Gasteiger partial charge in [0.2, 0.25) is 0 Å². The Hall–Kier alpha value is -5.42. The van der Waals surface area contributed by atoms with Gasteiger partial charge in [0.1, 0.15) is 5.82 Å². The monoisotopic (exact) mass is 515 g/mol. The van der Waals surface area contributed by atoms with E-state index in [1.54, 1.807) is 0 Å². The first-order chi connectivity index (χ1) is 19.8. The lowest BCUT2D eigenvalue weighted by molar-refractivity contribution is 0.953. The SMILES string of the molecule is Cn1c(-c2cc3c(cc2-n2cccc2)c2ccccc2n3-c2cccc(-c3ccccn3)c2)nc2ccccc21. The van der Waals surface area contributed by atoms with E-state index in [0.717, 1.165) is 56.1 Å². The smallest absolute Gasteiger partial charge is 0.143 e. The second-order valence-electron chi connectivity index (χ2n) is 10.1. The number of hydrogen-bond donors (Lipinski definition) is 0. The first-order valence-corrected chi connectivity index (χ1v) is 13.4. The Morgan fingerprint density at radius 1 is 0.625 bits per heavy atom. The van der Waals surface area contributed by atoms with Crippen molar-refractivity contribution in [3.8, 4) is 34.0 Å². The van der Waals surface area contributed by atoms with Gasteiger partial charge in [-0.15, -0.1) is 0 Å². The van der Waals surface area contributed by atoms with E-state index in [0.29, 0.717) is 0 Å². The van der Waals surface area contributed by atoms with Gasteiger partial charge in [0.05, 0.1) is 33.4 Å². The Kier molecular flexibility index (Phi) is 4.97. The molecule has 0 aliphatic rings. The predicted molar refractivity (Wildman–Crippen MR) is 163 cm³/mol. The Morgan fingerprint density at radius 3 is 2.25 bits per heavy atom. The van der Waals surface area contributed by atoms with Gasteiger partial charge in [0.25, 0.3) is 0 Å². The summed E-state index contributed by atoms with van der Waals surface area (Å²) in [7, 11) is 2.10. The van der Waals surface area contributed by atoms with E-state index < -0.39 is 0 Å². The molecule has 190 valence electrons. The minimum Gasteiger partial charge on any atom is -0.327 e. The topological polar surface area (TPSA) is 40.6 Å². The van der Waals surface area contributed by atoms with Crippen LogP contribution < -0.4 is 0 Å². The molecule has 0 bridgehead atoms. The number of imidazole rings is 1. The first-order valence-electron chi connectivity index (χ1n) is 13.4. The number of aromatic nitrogens is 5. The third-order valence-electron chi connectivity index (χ3n) is 7.77. The van der Waals surface area contributed by atoms with Crippen LogP contribution in [0.5, 0.6) is 0 Å². The van der Waals surface area contributed by atoms with E-state index in [-0.39, 0.29) is 0 Å². The maximum atomic E-state index is 5.10. The van der Waals surface area contributed by atoms with E-state index in [2.05, 4.69) is 135 Å². The van der Waals surface area contributed by atoms with Crippen LogP contribution in [-0.4, -0.2) is 23.7 Å². The molecule has 40 heavy (non-hydrogen) atoms. The van der Waals surface area contributed by atoms with Crippen molar-refractivity contribution >= 4 is 32.8 Å². The predicted octanol–water partition coefficient (Wildman–Crippen LogP) is 8.19. The molecule has 0 N–H and O–H groups in total. The maximum Gasteiger partial charge on any atom is 0.143 e. The Balaban J connectivity index is 1.46. The lowest BCUT2D eigenvalue weighted by Gasteiger charge is -2.14. The van der Waals surface area contributed by atoms with Crippen LogP contribution in [0.15, 0.2) is 134 Å². The van der Waals surface area contributed by atoms with Crippen LogP contribution in [0.25, 0.3) is 66.9 Å². The molecular weight excluding hydrogens is 490 g/mol. The van der Waals surface area contributed by atoms with Crippen molar-refractivity contribution in [1.82, 2.24) is 23.7 Å². The summed E-state index contributed by atoms with van der Waals surface area (Å²) < 4.78 is 6.74. The zero-order valence-corrected chi connectivity index (χ0v) is 21.9. The Morgan fingerprint density at radius 2 is 1.43 bits per heavy atom. The normalized spacial score (nSPS) is 11.6. The van der Waals surface area contributed by atoms with Gasteiger partial charge in [-0.25, -0.2) is 4.98 Å². The molecule has 0 unspecified atom stereocenters. The Bertz CT molecular complexity index is 2170. The molecule has 4 aromatic heterocycles. The van der Waals surface area contributed by atoms with Crippen LogP contribution in [0, 0.1) is 0 Å². The summed E-state index contributed by atoms with van der Waals surface area (Å²) in [5, 5.41) is 2.41. The van der Waals surface area contributed by atoms with Crippen molar-refractivity contribution in [3.63, 3.8) is 0 Å². The van der Waals surface area contributed by atoms with Crippen molar-refractivity contribution in [2.75, 3.05) is 0 Å². The number of aryl methyl sites for hydroxylation is 1. The molecule has 0 radical (unpaired) electrons. The van der Waals surface area contributed by atoms with Crippen molar-refractivity contribution in [3.05, 3.63) is 134 Å². The second kappa shape index (κ2) is 8.82. The minimum atomic E-state index is 0.936. The van der Waals surface area contributed by atoms with Gasteiger partial charge < -0.3 is 13.7 Å². The molecular formula is C35H25N5. The third kappa shape index (κ3) is 3.41. The molecule has 0 fully saturated rings. The molecule has 0 amide bonds. The highest BCUT2D eigenvalue weighted by Crippen LogP contribution is 2.39. The largest absolute Gasteiger partial charge is 0.327 e. The van der Waals surface area contributed by atoms with Gasteiger partial charge in [-0.1, -0.05) is 48.5 Å². The summed E-state index contributed by atoms with van der Waals surface area (Å²) >= 11 is 0. The second-order valence-corrected chi connectivity index (χ2v) is 10.1. The summed E-state index contributed by atoms with van der Waals surface area (Å²) in [6.07, 6.45) is 6.04. The third-order valence-corrected chi connectivity index (χ3v) is 7.77. The lowest BCUT2D eigenvalue weighted by Crippen LogP contribution is -2.01. The number of pyridine rings is 1. The molecule has 0 aliphatic carbocycles. The maximum absolute atomic E-state index is 5.10. The highest BCUT2D eigenvalue weighted by Gasteiger charge is 2.20. The minimum absolute atomic E-state index is 0.936. The van der Waals surface area contributed by atoms with Crippen LogP contribution in [0.1, 0.15) is 0 Å². The average molecular weight is 516 g/mol. The molecule has 8 aromatic rings. The molecule has 0 saturated carbocycles. The number of para-hydroxylation sites is 3. The number of hydrogen-bond acceptors (Lipinski definition) is 2. The fraction of sp³-hybridized carbons (Fsp3) is 0.0286. The summed E-state index contributed by atoms with van der Waals surface area (Å²) in [5.41, 5.74) is 9.71. The molecule has 5 nitrogen and oxygen atoms in total. The molecule has 0 spiro atoms. The van der Waals surface area contributed by atoms with Crippen LogP contribution >= 0.6 is 0 Å². The van der Waals surface area contributed by atoms with Gasteiger partial charge in [0.15, 0.2) is 0 Å². The van der Waals surface area contributed by atoms with E-state index >= 15 is 0 Å². The number of rotatable bonds is 4. The standard InChI is InChI=1S/C35H25N5/c1-38-32-17-5-3-15-30(32)37-35(38)28-23-34-27(22-33(28)39-19-8-9-20-39)26-13-2-4-16-31(26)40(34)25-12-10-11-24(21-25)29-14-6-7-18-36-29/h2-23H,1H3. The van der Waals surface area contributed by atoms with Crippen molar-refractivity contribution < 1.29 is 0 Å². The van der Waals surface area contributed by atoms with Gasteiger partial charge in [-0.05, 0) is 66.7 Å².